The average molecular weight is 300 g/mol. The van der Waals surface area contributed by atoms with E-state index in [9.17, 15) is 4.79 Å². The summed E-state index contributed by atoms with van der Waals surface area (Å²) in [6, 6.07) is 0. The van der Waals surface area contributed by atoms with E-state index in [1.807, 2.05) is 0 Å². The first-order valence-electron chi connectivity index (χ1n) is 9.68. The van der Waals surface area contributed by atoms with Gasteiger partial charge in [-0.1, -0.05) is 32.8 Å². The lowest BCUT2D eigenvalue weighted by molar-refractivity contribution is -0.118. The smallest absolute Gasteiger partial charge is 0.156 e. The van der Waals surface area contributed by atoms with Gasteiger partial charge >= 0.3 is 0 Å². The summed E-state index contributed by atoms with van der Waals surface area (Å²) >= 11 is 0. The fourth-order valence-corrected chi connectivity index (χ4v) is 7.41. The topological polar surface area (TPSA) is 17.1 Å². The van der Waals surface area contributed by atoms with Gasteiger partial charge in [-0.05, 0) is 91.9 Å². The number of Topliss-reactive ketones (excluding diaryl/α,β-unsaturated/α-hetero) is 1. The Morgan fingerprint density at radius 1 is 1.05 bits per heavy atom. The van der Waals surface area contributed by atoms with Crippen LogP contribution in [0, 0.1) is 34.5 Å². The Labute approximate surface area is 135 Å². The molecule has 4 aliphatic rings. The van der Waals surface area contributed by atoms with Crippen molar-refractivity contribution in [1.82, 2.24) is 0 Å². The lowest BCUT2D eigenvalue weighted by atomic mass is 9.45. The number of carbonyl (C=O) groups is 1. The Bertz CT molecular complexity index is 518. The SMILES string of the molecule is CC(=O)C1=CC[C@H]2[C@@H]3CCC4CCCC[C@@]4(C)[C@H]3CC[C@]12C. The lowest BCUT2D eigenvalue weighted by Crippen LogP contribution is -2.52. The molecule has 4 rings (SSSR count). The van der Waals surface area contributed by atoms with Gasteiger partial charge in [0.2, 0.25) is 0 Å². The Hall–Kier alpha value is -0.590. The molecule has 4 aliphatic carbocycles. The Kier molecular flexibility index (Phi) is 3.37. The zero-order chi connectivity index (χ0) is 15.5. The number of ketones is 1. The molecule has 0 radical (unpaired) electrons. The van der Waals surface area contributed by atoms with E-state index in [1.165, 1.54) is 63.4 Å². The summed E-state index contributed by atoms with van der Waals surface area (Å²) in [5.74, 6) is 3.90. The first kappa shape index (κ1) is 15.0. The van der Waals surface area contributed by atoms with E-state index >= 15 is 0 Å². The molecule has 0 N–H and O–H groups in total. The molecule has 0 saturated heterocycles. The molecule has 0 bridgehead atoms. The molecule has 0 aromatic rings. The number of allylic oxidation sites excluding steroid dienone is 2. The summed E-state index contributed by atoms with van der Waals surface area (Å²) in [5.41, 5.74) is 1.98. The molecule has 1 nitrogen and oxygen atoms in total. The highest BCUT2D eigenvalue weighted by atomic mass is 16.1. The summed E-state index contributed by atoms with van der Waals surface area (Å²) in [5, 5.41) is 0. The van der Waals surface area contributed by atoms with Gasteiger partial charge in [-0.2, -0.15) is 0 Å². The van der Waals surface area contributed by atoms with Crippen LogP contribution in [-0.4, -0.2) is 5.78 Å². The van der Waals surface area contributed by atoms with Crippen LogP contribution in [0.2, 0.25) is 0 Å². The molecule has 6 atom stereocenters. The van der Waals surface area contributed by atoms with Crippen molar-refractivity contribution in [1.29, 1.82) is 0 Å². The second-order valence-corrected chi connectivity index (χ2v) is 9.27. The van der Waals surface area contributed by atoms with Gasteiger partial charge in [-0.15, -0.1) is 0 Å². The van der Waals surface area contributed by atoms with Gasteiger partial charge in [-0.25, -0.2) is 0 Å². The molecule has 22 heavy (non-hydrogen) atoms. The fraction of sp³-hybridized carbons (Fsp3) is 0.857. The van der Waals surface area contributed by atoms with Crippen LogP contribution < -0.4 is 0 Å². The maximum atomic E-state index is 12.1. The van der Waals surface area contributed by atoms with Gasteiger partial charge in [0, 0.05) is 0 Å². The lowest BCUT2D eigenvalue weighted by Gasteiger charge is -2.60. The molecule has 0 spiro atoms. The predicted molar refractivity (Wildman–Crippen MR) is 90.5 cm³/mol. The Balaban J connectivity index is 1.64. The number of hydrogen-bond acceptors (Lipinski definition) is 1. The zero-order valence-electron chi connectivity index (χ0n) is 14.7. The maximum Gasteiger partial charge on any atom is 0.156 e. The van der Waals surface area contributed by atoms with Gasteiger partial charge in [0.15, 0.2) is 5.78 Å². The number of carbonyl (C=O) groups excluding carboxylic acids is 1. The van der Waals surface area contributed by atoms with Crippen molar-refractivity contribution >= 4 is 5.78 Å². The third-order valence-electron chi connectivity index (χ3n) is 8.54. The van der Waals surface area contributed by atoms with E-state index in [4.69, 9.17) is 0 Å². The third-order valence-corrected chi connectivity index (χ3v) is 8.54. The van der Waals surface area contributed by atoms with E-state index in [1.54, 1.807) is 6.92 Å². The number of rotatable bonds is 1. The minimum absolute atomic E-state index is 0.199. The first-order valence-corrected chi connectivity index (χ1v) is 9.68. The van der Waals surface area contributed by atoms with E-state index in [-0.39, 0.29) is 5.41 Å². The second kappa shape index (κ2) is 4.95. The third kappa shape index (κ3) is 1.86. The van der Waals surface area contributed by atoms with Crippen LogP contribution in [0.15, 0.2) is 11.6 Å². The molecule has 0 heterocycles. The van der Waals surface area contributed by atoms with Crippen LogP contribution in [0.1, 0.15) is 78.6 Å². The van der Waals surface area contributed by atoms with Crippen LogP contribution in [0.4, 0.5) is 0 Å². The number of fused-ring (bicyclic) bond motifs is 5. The molecule has 3 fully saturated rings. The zero-order valence-corrected chi connectivity index (χ0v) is 14.7. The standard InChI is InChI=1S/C21H32O/c1-14(22)17-9-10-18-16-8-7-15-6-4-5-12-20(15,2)19(16)11-13-21(17,18)3/h9,15-16,18-19H,4-8,10-13H2,1-3H3/t15?,16-,18-,19-,20+,21+/m0/s1. The van der Waals surface area contributed by atoms with Gasteiger partial charge in [0.05, 0.1) is 0 Å². The molecule has 0 aromatic heterocycles. The van der Waals surface area contributed by atoms with E-state index in [2.05, 4.69) is 19.9 Å². The molecule has 0 aliphatic heterocycles. The van der Waals surface area contributed by atoms with E-state index in [0.717, 1.165) is 23.7 Å². The van der Waals surface area contributed by atoms with Gasteiger partial charge in [0.25, 0.3) is 0 Å². The fourth-order valence-electron chi connectivity index (χ4n) is 7.41. The molecule has 0 aromatic carbocycles. The summed E-state index contributed by atoms with van der Waals surface area (Å²) in [6.07, 6.45) is 14.9. The van der Waals surface area contributed by atoms with Gasteiger partial charge < -0.3 is 0 Å². The van der Waals surface area contributed by atoms with Crippen LogP contribution in [0.5, 0.6) is 0 Å². The molecular weight excluding hydrogens is 268 g/mol. The summed E-state index contributed by atoms with van der Waals surface area (Å²) in [6.45, 7) is 6.82. The molecule has 122 valence electrons. The monoisotopic (exact) mass is 300 g/mol. The molecule has 3 saturated carbocycles. The van der Waals surface area contributed by atoms with Gasteiger partial charge in [0.1, 0.15) is 0 Å². The van der Waals surface area contributed by atoms with Crippen molar-refractivity contribution in [2.75, 3.05) is 0 Å². The molecule has 1 heteroatoms. The Morgan fingerprint density at radius 2 is 1.86 bits per heavy atom. The minimum Gasteiger partial charge on any atom is -0.295 e. The summed E-state index contributed by atoms with van der Waals surface area (Å²) in [4.78, 5) is 12.1. The average Bonchev–Trinajstić information content (AvgIpc) is 2.84. The van der Waals surface area contributed by atoms with Crippen molar-refractivity contribution in [3.05, 3.63) is 11.6 Å². The van der Waals surface area contributed by atoms with Crippen molar-refractivity contribution in [2.24, 2.45) is 34.5 Å². The Morgan fingerprint density at radius 3 is 2.64 bits per heavy atom. The minimum atomic E-state index is 0.199. The van der Waals surface area contributed by atoms with Crippen molar-refractivity contribution in [3.63, 3.8) is 0 Å². The van der Waals surface area contributed by atoms with Crippen LogP contribution in [-0.2, 0) is 4.79 Å². The van der Waals surface area contributed by atoms with Crippen LogP contribution in [0.25, 0.3) is 0 Å². The molecule has 0 amide bonds. The van der Waals surface area contributed by atoms with E-state index < -0.39 is 0 Å². The second-order valence-electron chi connectivity index (χ2n) is 9.27. The highest BCUT2D eigenvalue weighted by Gasteiger charge is 2.58. The van der Waals surface area contributed by atoms with Crippen LogP contribution in [0.3, 0.4) is 0 Å². The highest BCUT2D eigenvalue weighted by molar-refractivity contribution is 5.95. The van der Waals surface area contributed by atoms with E-state index in [0.29, 0.717) is 11.2 Å². The molecular formula is C21H32O. The number of hydrogen-bond donors (Lipinski definition) is 0. The van der Waals surface area contributed by atoms with Crippen molar-refractivity contribution in [2.45, 2.75) is 78.6 Å². The van der Waals surface area contributed by atoms with Crippen molar-refractivity contribution < 1.29 is 4.79 Å². The summed E-state index contributed by atoms with van der Waals surface area (Å²) in [7, 11) is 0. The highest BCUT2D eigenvalue weighted by Crippen LogP contribution is 2.66. The predicted octanol–water partition coefficient (Wildman–Crippen LogP) is 5.54. The first-order chi connectivity index (χ1) is 10.5. The quantitative estimate of drug-likeness (QED) is 0.621. The molecule has 1 unspecified atom stereocenters. The van der Waals surface area contributed by atoms with Crippen molar-refractivity contribution in [3.8, 4) is 0 Å². The van der Waals surface area contributed by atoms with Crippen LogP contribution >= 0.6 is 0 Å². The maximum absolute atomic E-state index is 12.1. The largest absolute Gasteiger partial charge is 0.295 e. The normalized spacial score (nSPS) is 50.6. The van der Waals surface area contributed by atoms with Gasteiger partial charge in [-0.3, -0.25) is 4.79 Å². The summed E-state index contributed by atoms with van der Waals surface area (Å²) < 4.78 is 0.